The number of piperidine rings is 1. The number of nitrogens with one attached hydrogen (secondary N) is 2. The molecule has 2 N–H and O–H groups in total. The Morgan fingerprint density at radius 3 is 2.60 bits per heavy atom. The Kier molecular flexibility index (Phi) is 7.26. The van der Waals surface area contributed by atoms with Crippen LogP contribution in [0.4, 0.5) is 14.5 Å². The van der Waals surface area contributed by atoms with Gasteiger partial charge in [0, 0.05) is 30.5 Å². The van der Waals surface area contributed by atoms with E-state index < -0.39 is 17.0 Å². The van der Waals surface area contributed by atoms with Crippen LogP contribution in [0.1, 0.15) is 79.8 Å². The third-order valence-electron chi connectivity index (χ3n) is 7.02. The van der Waals surface area contributed by atoms with Crippen molar-refractivity contribution in [2.24, 2.45) is 11.3 Å². The van der Waals surface area contributed by atoms with Crippen LogP contribution in [0.25, 0.3) is 0 Å². The number of amides is 2. The number of anilines is 1. The zero-order valence-electron chi connectivity index (χ0n) is 19.8. The van der Waals surface area contributed by atoms with Crippen molar-refractivity contribution in [2.45, 2.75) is 64.8 Å². The topological polar surface area (TPSA) is 95.2 Å². The predicted octanol–water partition coefficient (Wildman–Crippen LogP) is 5.06. The van der Waals surface area contributed by atoms with E-state index in [4.69, 9.17) is 11.6 Å². The fourth-order valence-corrected chi connectivity index (χ4v) is 5.45. The Balaban J connectivity index is 1.42. The maximum Gasteiger partial charge on any atom is 0.270 e. The normalized spacial score (nSPS) is 22.6. The number of benzene rings is 1. The molecule has 0 atom stereocenters. The van der Waals surface area contributed by atoms with Crippen LogP contribution in [0, 0.1) is 23.0 Å². The van der Waals surface area contributed by atoms with Gasteiger partial charge in [-0.3, -0.25) is 14.4 Å². The van der Waals surface area contributed by atoms with Gasteiger partial charge in [-0.1, -0.05) is 25.4 Å². The van der Waals surface area contributed by atoms with Crippen molar-refractivity contribution in [3.05, 3.63) is 46.5 Å². The molecule has 1 saturated carbocycles. The molecule has 2 aromatic rings. The van der Waals surface area contributed by atoms with Crippen molar-refractivity contribution in [3.8, 4) is 0 Å². The number of rotatable bonds is 6. The standard InChI is InChI=1S/C25H29ClF2N4O3/c1-14(2)10-20(33)21-22(30-13-29-21)23(34)31-15-4-7-25(8-5-15)6-3-9-32(24(25)35)19-12-18(28)17(27)11-16(19)26/h11-15H,3-10H2,1-2H3,(H,29,30)(H,31,34). The summed E-state index contributed by atoms with van der Waals surface area (Å²) in [7, 11) is 0. The summed E-state index contributed by atoms with van der Waals surface area (Å²) in [4.78, 5) is 47.1. The maximum atomic E-state index is 13.9. The van der Waals surface area contributed by atoms with Crippen molar-refractivity contribution >= 4 is 34.9 Å². The number of carbonyl (C=O) groups is 3. The summed E-state index contributed by atoms with van der Waals surface area (Å²) in [6.45, 7) is 4.24. The van der Waals surface area contributed by atoms with E-state index in [0.717, 1.165) is 12.1 Å². The average Bonchev–Trinajstić information content (AvgIpc) is 3.30. The van der Waals surface area contributed by atoms with Gasteiger partial charge in [-0.05, 0) is 50.5 Å². The number of H-pyrrole nitrogens is 1. The molecular weight excluding hydrogens is 478 g/mol. The van der Waals surface area contributed by atoms with Crippen LogP contribution in [-0.4, -0.2) is 40.2 Å². The number of imidazole rings is 1. The summed E-state index contributed by atoms with van der Waals surface area (Å²) >= 11 is 6.14. The summed E-state index contributed by atoms with van der Waals surface area (Å²) in [5.74, 6) is -2.66. The molecule has 1 saturated heterocycles. The summed E-state index contributed by atoms with van der Waals surface area (Å²) in [5, 5.41) is 2.97. The third-order valence-corrected chi connectivity index (χ3v) is 7.32. The number of aromatic amines is 1. The first-order valence-electron chi connectivity index (χ1n) is 12.0. The van der Waals surface area contributed by atoms with Gasteiger partial charge in [0.05, 0.1) is 17.0 Å². The molecule has 2 fully saturated rings. The van der Waals surface area contributed by atoms with Crippen LogP contribution >= 0.6 is 11.6 Å². The molecular formula is C25H29ClF2N4O3. The Labute approximate surface area is 207 Å². The quantitative estimate of drug-likeness (QED) is 0.423. The van der Waals surface area contributed by atoms with Crippen molar-refractivity contribution in [3.63, 3.8) is 0 Å². The smallest absolute Gasteiger partial charge is 0.270 e. The number of Topliss-reactive ketones (excluding diaryl/α,β-unsaturated/α-hetero) is 1. The molecule has 1 aliphatic heterocycles. The predicted molar refractivity (Wildman–Crippen MR) is 127 cm³/mol. The van der Waals surface area contributed by atoms with Crippen LogP contribution in [0.5, 0.6) is 0 Å². The fourth-order valence-electron chi connectivity index (χ4n) is 5.20. The van der Waals surface area contributed by atoms with E-state index in [2.05, 4.69) is 15.3 Å². The first-order valence-corrected chi connectivity index (χ1v) is 12.3. The first kappa shape index (κ1) is 25.3. The Bertz CT molecular complexity index is 1140. The second-order valence-electron chi connectivity index (χ2n) is 9.95. The van der Waals surface area contributed by atoms with Crippen LogP contribution < -0.4 is 10.2 Å². The van der Waals surface area contributed by atoms with E-state index >= 15 is 0 Å². The molecule has 1 spiro atoms. The lowest BCUT2D eigenvalue weighted by Gasteiger charge is -2.45. The zero-order valence-corrected chi connectivity index (χ0v) is 20.6. The lowest BCUT2D eigenvalue weighted by Crippen LogP contribution is -2.52. The number of ketones is 1. The molecule has 7 nitrogen and oxygen atoms in total. The summed E-state index contributed by atoms with van der Waals surface area (Å²) in [5.41, 5.74) is -0.142. The van der Waals surface area contributed by atoms with Gasteiger partial charge in [0.15, 0.2) is 17.4 Å². The second kappa shape index (κ2) is 10.0. The third kappa shape index (κ3) is 5.10. The van der Waals surface area contributed by atoms with E-state index in [1.54, 1.807) is 0 Å². The molecule has 0 radical (unpaired) electrons. The van der Waals surface area contributed by atoms with Crippen LogP contribution in [-0.2, 0) is 4.79 Å². The molecule has 35 heavy (non-hydrogen) atoms. The number of hydrogen-bond acceptors (Lipinski definition) is 4. The van der Waals surface area contributed by atoms with Gasteiger partial charge in [-0.25, -0.2) is 13.8 Å². The van der Waals surface area contributed by atoms with E-state index in [0.29, 0.717) is 51.5 Å². The number of carbonyl (C=O) groups excluding carboxylic acids is 3. The lowest BCUT2D eigenvalue weighted by molar-refractivity contribution is -0.132. The molecule has 188 valence electrons. The fraction of sp³-hybridized carbons (Fsp3) is 0.520. The highest BCUT2D eigenvalue weighted by atomic mass is 35.5. The van der Waals surface area contributed by atoms with Gasteiger partial charge < -0.3 is 15.2 Å². The van der Waals surface area contributed by atoms with Gasteiger partial charge in [0.2, 0.25) is 5.91 Å². The molecule has 2 aliphatic rings. The number of aromatic nitrogens is 2. The van der Waals surface area contributed by atoms with Crippen molar-refractivity contribution in [2.75, 3.05) is 11.4 Å². The summed E-state index contributed by atoms with van der Waals surface area (Å²) < 4.78 is 27.4. The minimum atomic E-state index is -1.06. The summed E-state index contributed by atoms with van der Waals surface area (Å²) in [6, 6.07) is 1.71. The molecule has 0 unspecified atom stereocenters. The highest BCUT2D eigenvalue weighted by Crippen LogP contribution is 2.46. The minimum Gasteiger partial charge on any atom is -0.348 e. The minimum absolute atomic E-state index is 0.00220. The summed E-state index contributed by atoms with van der Waals surface area (Å²) in [6.07, 6.45) is 5.33. The van der Waals surface area contributed by atoms with E-state index in [1.165, 1.54) is 11.2 Å². The van der Waals surface area contributed by atoms with Gasteiger partial charge in [-0.2, -0.15) is 0 Å². The van der Waals surface area contributed by atoms with Gasteiger partial charge in [0.25, 0.3) is 5.91 Å². The number of halogens is 3. The molecule has 2 amide bonds. The molecule has 1 aliphatic carbocycles. The Morgan fingerprint density at radius 1 is 1.23 bits per heavy atom. The van der Waals surface area contributed by atoms with Crippen LogP contribution in [0.2, 0.25) is 5.02 Å². The van der Waals surface area contributed by atoms with Crippen LogP contribution in [0.15, 0.2) is 18.5 Å². The lowest BCUT2D eigenvalue weighted by atomic mass is 9.67. The molecule has 2 heterocycles. The Morgan fingerprint density at radius 2 is 1.91 bits per heavy atom. The van der Waals surface area contributed by atoms with E-state index in [1.807, 2.05) is 13.8 Å². The largest absolute Gasteiger partial charge is 0.348 e. The molecule has 4 rings (SSSR count). The average molecular weight is 507 g/mol. The first-order chi connectivity index (χ1) is 16.6. The van der Waals surface area contributed by atoms with Gasteiger partial charge >= 0.3 is 0 Å². The molecule has 10 heteroatoms. The molecule has 1 aromatic carbocycles. The van der Waals surface area contributed by atoms with Crippen molar-refractivity contribution in [1.29, 1.82) is 0 Å². The van der Waals surface area contributed by atoms with E-state index in [-0.39, 0.29) is 51.7 Å². The maximum absolute atomic E-state index is 13.9. The highest BCUT2D eigenvalue weighted by Gasteiger charge is 2.47. The molecule has 0 bridgehead atoms. The molecule has 1 aromatic heterocycles. The van der Waals surface area contributed by atoms with Gasteiger partial charge in [0.1, 0.15) is 11.4 Å². The number of nitrogens with zero attached hydrogens (tertiary/aromatic N) is 2. The number of hydrogen-bond donors (Lipinski definition) is 2. The zero-order chi connectivity index (χ0) is 25.3. The van der Waals surface area contributed by atoms with E-state index in [9.17, 15) is 23.2 Å². The second-order valence-corrected chi connectivity index (χ2v) is 10.4. The monoisotopic (exact) mass is 506 g/mol. The van der Waals surface area contributed by atoms with Crippen LogP contribution in [0.3, 0.4) is 0 Å². The Hall–Kier alpha value is -2.81. The highest BCUT2D eigenvalue weighted by molar-refractivity contribution is 6.33. The van der Waals surface area contributed by atoms with Crippen molar-refractivity contribution < 1.29 is 23.2 Å². The van der Waals surface area contributed by atoms with Crippen molar-refractivity contribution in [1.82, 2.24) is 15.3 Å². The SMILES string of the molecule is CC(C)CC(=O)c1nc[nH]c1C(=O)NC1CCC2(CCCN(c3cc(F)c(F)cc3Cl)C2=O)CC1. The van der Waals surface area contributed by atoms with Gasteiger partial charge in [-0.15, -0.1) is 0 Å².